The summed E-state index contributed by atoms with van der Waals surface area (Å²) in [6, 6.07) is 8.41. The van der Waals surface area contributed by atoms with Gasteiger partial charge in [0.05, 0.1) is 23.3 Å². The minimum absolute atomic E-state index is 0.116. The number of H-pyrrole nitrogens is 1. The third-order valence-corrected chi connectivity index (χ3v) is 8.37. The number of carbonyl (C=O) groups is 1. The molecule has 10 nitrogen and oxygen atoms in total. The second kappa shape index (κ2) is 9.69. The largest absolute Gasteiger partial charge is 0.353 e. The number of hydrogen-bond acceptors (Lipinski definition) is 7. The Balaban J connectivity index is 1.13. The average molecular weight is 484 g/mol. The third-order valence-electron chi connectivity index (χ3n) is 6.46. The summed E-state index contributed by atoms with van der Waals surface area (Å²) in [5.41, 5.74) is 1.59. The lowest BCUT2D eigenvalue weighted by atomic mass is 10.2. The van der Waals surface area contributed by atoms with Gasteiger partial charge in [0, 0.05) is 51.2 Å². The van der Waals surface area contributed by atoms with E-state index >= 15 is 0 Å². The number of piperidine rings is 1. The maximum Gasteiger partial charge on any atom is 0.243 e. The Morgan fingerprint density at radius 3 is 2.41 bits per heavy atom. The molecule has 5 rings (SSSR count). The maximum atomic E-state index is 12.8. The van der Waals surface area contributed by atoms with E-state index in [2.05, 4.69) is 30.1 Å². The summed E-state index contributed by atoms with van der Waals surface area (Å²) < 4.78 is 27.1. The summed E-state index contributed by atoms with van der Waals surface area (Å²) in [7, 11) is -3.47. The highest BCUT2D eigenvalue weighted by Crippen LogP contribution is 2.28. The highest BCUT2D eigenvalue weighted by molar-refractivity contribution is 7.89. The van der Waals surface area contributed by atoms with Crippen LogP contribution in [0, 0.1) is 0 Å². The van der Waals surface area contributed by atoms with Crippen molar-refractivity contribution in [1.29, 1.82) is 0 Å². The molecule has 2 saturated heterocycles. The van der Waals surface area contributed by atoms with Gasteiger partial charge in [0.1, 0.15) is 11.6 Å². The number of nitrogens with zero attached hydrogens (tertiary/aromatic N) is 5. The van der Waals surface area contributed by atoms with E-state index in [1.165, 1.54) is 0 Å². The van der Waals surface area contributed by atoms with Crippen LogP contribution in [0.2, 0.25) is 0 Å². The van der Waals surface area contributed by atoms with Gasteiger partial charge in [-0.25, -0.2) is 18.4 Å². The molecule has 4 aliphatic rings. The van der Waals surface area contributed by atoms with E-state index in [0.29, 0.717) is 18.8 Å². The Hall–Kier alpha value is -3.02. The van der Waals surface area contributed by atoms with Gasteiger partial charge in [-0.1, -0.05) is 6.42 Å². The lowest BCUT2D eigenvalue weighted by Crippen LogP contribution is -2.49. The van der Waals surface area contributed by atoms with E-state index in [-0.39, 0.29) is 17.3 Å². The van der Waals surface area contributed by atoms with E-state index in [9.17, 15) is 13.2 Å². The fourth-order valence-electron chi connectivity index (χ4n) is 4.59. The van der Waals surface area contributed by atoms with E-state index < -0.39 is 10.0 Å². The Bertz CT molecular complexity index is 1200. The van der Waals surface area contributed by atoms with Gasteiger partial charge in [0.15, 0.2) is 0 Å². The van der Waals surface area contributed by atoms with Gasteiger partial charge in [0.2, 0.25) is 15.9 Å². The minimum atomic E-state index is -3.47. The van der Waals surface area contributed by atoms with Gasteiger partial charge in [-0.3, -0.25) is 9.69 Å². The molecule has 34 heavy (non-hydrogen) atoms. The molecule has 2 N–H and O–H groups in total. The molecule has 0 spiro atoms. The molecule has 0 saturated carbocycles. The van der Waals surface area contributed by atoms with Gasteiger partial charge >= 0.3 is 0 Å². The summed E-state index contributed by atoms with van der Waals surface area (Å²) in [6.45, 7) is 4.46. The van der Waals surface area contributed by atoms with Crippen LogP contribution in [-0.4, -0.2) is 84.3 Å². The lowest BCUT2D eigenvalue weighted by molar-refractivity contribution is -0.117. The number of nitrogens with one attached hydrogen (secondary N) is 2. The van der Waals surface area contributed by atoms with Gasteiger partial charge in [-0.05, 0) is 43.2 Å². The molecule has 0 unspecified atom stereocenters. The SMILES string of the molecule is O=C(CN1CCN(c2nc[nH]c3nccc2-3)CC1)Nc1ccc(S(=O)(=O)N2CCCCC2)cc1. The standard InChI is InChI=1S/C23H29N7O3S/c31-21(27-18-4-6-19(7-5-18)34(32,33)30-10-2-1-3-11-30)16-28-12-14-29(15-13-28)23-20-8-9-24-22(20)25-17-26-23/h4-9,17H,1-3,10-16H2,(H,27,31)(H,24,25,26). The topological polar surface area (TPSA) is 115 Å². The first-order valence-corrected chi connectivity index (χ1v) is 13.1. The Morgan fingerprint density at radius 1 is 0.941 bits per heavy atom. The molecule has 1 amide bonds. The van der Waals surface area contributed by atoms with Crippen LogP contribution in [-0.2, 0) is 14.8 Å². The first-order valence-electron chi connectivity index (χ1n) is 11.7. The van der Waals surface area contributed by atoms with E-state index in [4.69, 9.17) is 0 Å². The Morgan fingerprint density at radius 2 is 1.68 bits per heavy atom. The smallest absolute Gasteiger partial charge is 0.243 e. The van der Waals surface area contributed by atoms with Crippen molar-refractivity contribution >= 4 is 27.4 Å². The van der Waals surface area contributed by atoms with Gasteiger partial charge in [-0.2, -0.15) is 4.31 Å². The highest BCUT2D eigenvalue weighted by atomic mass is 32.2. The van der Waals surface area contributed by atoms with Crippen molar-refractivity contribution in [3.8, 4) is 11.4 Å². The summed E-state index contributed by atoms with van der Waals surface area (Å²) in [6.07, 6.45) is 6.30. The highest BCUT2D eigenvalue weighted by Gasteiger charge is 2.26. The molecule has 4 heterocycles. The zero-order valence-corrected chi connectivity index (χ0v) is 19.8. The first kappa shape index (κ1) is 22.8. The van der Waals surface area contributed by atoms with Crippen molar-refractivity contribution in [1.82, 2.24) is 24.2 Å². The second-order valence-corrected chi connectivity index (χ2v) is 10.7. The average Bonchev–Trinajstić information content (AvgIpc) is 3.35. The van der Waals surface area contributed by atoms with Crippen LogP contribution >= 0.6 is 0 Å². The van der Waals surface area contributed by atoms with Crippen LogP contribution in [0.25, 0.3) is 11.4 Å². The number of carbonyl (C=O) groups excluding carboxylic acids is 1. The molecule has 0 atom stereocenters. The van der Waals surface area contributed by atoms with Crippen molar-refractivity contribution in [3.63, 3.8) is 0 Å². The van der Waals surface area contributed by atoms with E-state index in [1.807, 2.05) is 6.07 Å². The fourth-order valence-corrected chi connectivity index (χ4v) is 6.11. The minimum Gasteiger partial charge on any atom is -0.353 e. The number of piperazine rings is 1. The number of hydrogen-bond donors (Lipinski definition) is 2. The number of rotatable bonds is 6. The molecule has 0 bridgehead atoms. The number of benzene rings is 1. The van der Waals surface area contributed by atoms with Gasteiger partial charge < -0.3 is 15.2 Å². The molecule has 0 radical (unpaired) electrons. The third kappa shape index (κ3) is 4.77. The number of aromatic nitrogens is 3. The van der Waals surface area contributed by atoms with E-state index in [0.717, 1.165) is 62.6 Å². The normalized spacial score (nSPS) is 18.3. The maximum absolute atomic E-state index is 12.8. The number of aromatic amines is 1. The fraction of sp³-hybridized carbons (Fsp3) is 0.435. The van der Waals surface area contributed by atoms with Crippen LogP contribution in [0.4, 0.5) is 11.5 Å². The van der Waals surface area contributed by atoms with Crippen molar-refractivity contribution in [2.75, 3.05) is 56.0 Å². The van der Waals surface area contributed by atoms with Crippen molar-refractivity contribution in [3.05, 3.63) is 42.9 Å². The first-order chi connectivity index (χ1) is 16.5. The van der Waals surface area contributed by atoms with Crippen LogP contribution in [0.5, 0.6) is 0 Å². The lowest BCUT2D eigenvalue weighted by Gasteiger charge is -2.35. The summed E-state index contributed by atoms with van der Waals surface area (Å²) >= 11 is 0. The monoisotopic (exact) mass is 483 g/mol. The molecule has 1 aromatic rings. The quantitative estimate of drug-likeness (QED) is 0.550. The predicted molar refractivity (Wildman–Crippen MR) is 129 cm³/mol. The van der Waals surface area contributed by atoms with Crippen LogP contribution in [0.3, 0.4) is 0 Å². The van der Waals surface area contributed by atoms with Crippen molar-refractivity contribution in [2.45, 2.75) is 24.2 Å². The molecule has 11 heteroatoms. The van der Waals surface area contributed by atoms with Crippen LogP contribution in [0.15, 0.2) is 47.8 Å². The summed E-state index contributed by atoms with van der Waals surface area (Å²) in [5.74, 6) is 1.62. The molecule has 0 aliphatic carbocycles. The van der Waals surface area contributed by atoms with Crippen molar-refractivity contribution < 1.29 is 13.2 Å². The number of sulfonamides is 1. The molecule has 180 valence electrons. The molecule has 2 fully saturated rings. The second-order valence-electron chi connectivity index (χ2n) is 8.73. The van der Waals surface area contributed by atoms with Gasteiger partial charge in [-0.15, -0.1) is 0 Å². The molecule has 0 aromatic heterocycles. The predicted octanol–water partition coefficient (Wildman–Crippen LogP) is 1.84. The summed E-state index contributed by atoms with van der Waals surface area (Å²) in [5, 5.41) is 2.88. The van der Waals surface area contributed by atoms with Crippen LogP contribution < -0.4 is 10.2 Å². The Kier molecular flexibility index (Phi) is 6.48. The summed E-state index contributed by atoms with van der Waals surface area (Å²) in [4.78, 5) is 29.0. The number of amides is 1. The zero-order valence-electron chi connectivity index (χ0n) is 19.0. The van der Waals surface area contributed by atoms with E-state index in [1.54, 1.807) is 41.1 Å². The molecular weight excluding hydrogens is 454 g/mol. The zero-order chi connectivity index (χ0) is 23.5. The molecule has 4 aliphatic heterocycles. The Labute approximate surface area is 199 Å². The van der Waals surface area contributed by atoms with Crippen LogP contribution in [0.1, 0.15) is 19.3 Å². The van der Waals surface area contributed by atoms with Crippen molar-refractivity contribution in [2.24, 2.45) is 0 Å². The number of fused-ring (bicyclic) bond motifs is 1. The molecule has 1 aromatic carbocycles. The van der Waals surface area contributed by atoms with Gasteiger partial charge in [0.25, 0.3) is 0 Å². The number of anilines is 2. The molecular formula is C23H29N7O3S.